The van der Waals surface area contributed by atoms with Gasteiger partial charge in [0.05, 0.1) is 4.99 Å². The summed E-state index contributed by atoms with van der Waals surface area (Å²) in [7, 11) is 2.21. The lowest BCUT2D eigenvalue weighted by atomic mass is 9.88. The highest BCUT2D eigenvalue weighted by atomic mass is 32.1. The Bertz CT molecular complexity index is 263. The van der Waals surface area contributed by atoms with Crippen molar-refractivity contribution in [2.45, 2.75) is 39.5 Å². The summed E-state index contributed by atoms with van der Waals surface area (Å²) in [6, 6.07) is 0. The van der Waals surface area contributed by atoms with E-state index in [9.17, 15) is 0 Å². The van der Waals surface area contributed by atoms with Crippen molar-refractivity contribution >= 4 is 17.2 Å². The smallest absolute Gasteiger partial charge is 0.0784 e. The van der Waals surface area contributed by atoms with Gasteiger partial charge in [-0.3, -0.25) is 0 Å². The van der Waals surface area contributed by atoms with Crippen LogP contribution < -0.4 is 5.73 Å². The van der Waals surface area contributed by atoms with Crippen LogP contribution in [0.15, 0.2) is 0 Å². The van der Waals surface area contributed by atoms with Gasteiger partial charge in [0.1, 0.15) is 0 Å². The summed E-state index contributed by atoms with van der Waals surface area (Å²) in [6.45, 7) is 8.46. The first-order valence-corrected chi connectivity index (χ1v) is 7.39. The second kappa shape index (κ2) is 7.41. The second-order valence-electron chi connectivity index (χ2n) is 6.17. The lowest BCUT2D eigenvalue weighted by Crippen LogP contribution is -2.33. The van der Waals surface area contributed by atoms with Gasteiger partial charge in [0.2, 0.25) is 0 Å². The van der Waals surface area contributed by atoms with Gasteiger partial charge in [-0.2, -0.15) is 0 Å². The normalized spacial score (nSPS) is 18.2. The minimum atomic E-state index is -0.00511. The molecule has 1 fully saturated rings. The van der Waals surface area contributed by atoms with Crippen molar-refractivity contribution in [2.75, 3.05) is 33.4 Å². The van der Waals surface area contributed by atoms with E-state index in [4.69, 9.17) is 22.7 Å². The van der Waals surface area contributed by atoms with Crippen molar-refractivity contribution < 1.29 is 4.74 Å². The molecule has 0 saturated carbocycles. The highest BCUT2D eigenvalue weighted by Gasteiger charge is 2.21. The van der Waals surface area contributed by atoms with E-state index < -0.39 is 0 Å². The van der Waals surface area contributed by atoms with Gasteiger partial charge in [0.25, 0.3) is 0 Å². The molecule has 4 heteroatoms. The molecule has 0 aromatic rings. The summed E-state index contributed by atoms with van der Waals surface area (Å²) in [5, 5.41) is 0. The van der Waals surface area contributed by atoms with Crippen LogP contribution in [0.25, 0.3) is 0 Å². The fraction of sp³-hybridized carbons (Fsp3) is 0.929. The molecule has 0 radical (unpaired) electrons. The van der Waals surface area contributed by atoms with Gasteiger partial charge in [-0.25, -0.2) is 0 Å². The minimum Gasteiger partial charge on any atom is -0.393 e. The number of nitrogens with zero attached hydrogens (tertiary/aromatic N) is 1. The van der Waals surface area contributed by atoms with Crippen LogP contribution in [0.1, 0.15) is 39.5 Å². The van der Waals surface area contributed by atoms with Crippen molar-refractivity contribution in [1.29, 1.82) is 0 Å². The standard InChI is InChI=1S/C14H28N2OS/c1-14(2,13(15)18)7-4-8-16(3)11-12-5-9-17-10-6-12/h12H,4-11H2,1-3H3,(H2,15,18). The molecular formula is C14H28N2OS. The highest BCUT2D eigenvalue weighted by molar-refractivity contribution is 7.80. The Morgan fingerprint density at radius 3 is 2.56 bits per heavy atom. The number of thiocarbonyl (C=S) groups is 1. The largest absolute Gasteiger partial charge is 0.393 e. The molecule has 2 N–H and O–H groups in total. The van der Waals surface area contributed by atoms with Gasteiger partial charge in [0, 0.05) is 25.2 Å². The first kappa shape index (κ1) is 15.9. The molecule has 0 atom stereocenters. The van der Waals surface area contributed by atoms with Crippen molar-refractivity contribution in [3.05, 3.63) is 0 Å². The van der Waals surface area contributed by atoms with Crippen LogP contribution in [-0.2, 0) is 4.74 Å². The zero-order chi connectivity index (χ0) is 13.6. The Morgan fingerprint density at radius 2 is 2.00 bits per heavy atom. The van der Waals surface area contributed by atoms with Crippen LogP contribution in [0.4, 0.5) is 0 Å². The molecule has 106 valence electrons. The third-order valence-corrected chi connectivity index (χ3v) is 4.47. The SMILES string of the molecule is CN(CCCC(C)(C)C(N)=S)CC1CCOCC1. The van der Waals surface area contributed by atoms with Gasteiger partial charge in [-0.1, -0.05) is 26.1 Å². The molecule has 1 saturated heterocycles. The molecule has 18 heavy (non-hydrogen) atoms. The van der Waals surface area contributed by atoms with Crippen molar-refractivity contribution in [1.82, 2.24) is 4.90 Å². The van der Waals surface area contributed by atoms with Gasteiger partial charge >= 0.3 is 0 Å². The summed E-state index contributed by atoms with van der Waals surface area (Å²) in [5.41, 5.74) is 5.74. The first-order valence-electron chi connectivity index (χ1n) is 6.98. The zero-order valence-corrected chi connectivity index (χ0v) is 12.9. The Kier molecular flexibility index (Phi) is 6.53. The fourth-order valence-corrected chi connectivity index (χ4v) is 2.48. The van der Waals surface area contributed by atoms with E-state index in [0.29, 0.717) is 4.99 Å². The van der Waals surface area contributed by atoms with Gasteiger partial charge in [0.15, 0.2) is 0 Å². The van der Waals surface area contributed by atoms with E-state index in [1.54, 1.807) is 0 Å². The predicted molar refractivity (Wildman–Crippen MR) is 80.8 cm³/mol. The molecule has 0 aliphatic carbocycles. The first-order chi connectivity index (χ1) is 8.42. The maximum absolute atomic E-state index is 5.74. The van der Waals surface area contributed by atoms with Crippen LogP contribution in [0.5, 0.6) is 0 Å². The summed E-state index contributed by atoms with van der Waals surface area (Å²) in [4.78, 5) is 3.07. The molecule has 1 heterocycles. The number of hydrogen-bond acceptors (Lipinski definition) is 3. The van der Waals surface area contributed by atoms with Crippen molar-refractivity contribution in [2.24, 2.45) is 17.1 Å². The van der Waals surface area contributed by atoms with E-state index >= 15 is 0 Å². The molecule has 0 spiro atoms. The van der Waals surface area contributed by atoms with E-state index in [-0.39, 0.29) is 5.41 Å². The molecule has 0 aromatic carbocycles. The van der Waals surface area contributed by atoms with Gasteiger partial charge < -0.3 is 15.4 Å². The Labute approximate surface area is 117 Å². The molecule has 1 rings (SSSR count). The fourth-order valence-electron chi connectivity index (χ4n) is 2.38. The average molecular weight is 272 g/mol. The molecular weight excluding hydrogens is 244 g/mol. The molecule has 0 amide bonds. The number of rotatable bonds is 7. The summed E-state index contributed by atoms with van der Waals surface area (Å²) >= 11 is 5.09. The topological polar surface area (TPSA) is 38.5 Å². The summed E-state index contributed by atoms with van der Waals surface area (Å²) < 4.78 is 5.39. The van der Waals surface area contributed by atoms with Crippen molar-refractivity contribution in [3.8, 4) is 0 Å². The van der Waals surface area contributed by atoms with Gasteiger partial charge in [-0.05, 0) is 45.2 Å². The quantitative estimate of drug-likeness (QED) is 0.723. The van der Waals surface area contributed by atoms with E-state index in [0.717, 1.165) is 38.5 Å². The molecule has 1 aliphatic heterocycles. The third kappa shape index (κ3) is 5.63. The summed E-state index contributed by atoms with van der Waals surface area (Å²) in [6.07, 6.45) is 4.65. The molecule has 0 bridgehead atoms. The van der Waals surface area contributed by atoms with E-state index in [1.165, 1.54) is 19.4 Å². The number of hydrogen-bond donors (Lipinski definition) is 1. The minimum absolute atomic E-state index is 0.00511. The Morgan fingerprint density at radius 1 is 1.39 bits per heavy atom. The van der Waals surface area contributed by atoms with E-state index in [2.05, 4.69) is 25.8 Å². The highest BCUT2D eigenvalue weighted by Crippen LogP contribution is 2.23. The maximum atomic E-state index is 5.74. The molecule has 3 nitrogen and oxygen atoms in total. The Hall–Kier alpha value is -0.190. The predicted octanol–water partition coefficient (Wildman–Crippen LogP) is 2.44. The van der Waals surface area contributed by atoms with Crippen LogP contribution in [-0.4, -0.2) is 43.2 Å². The van der Waals surface area contributed by atoms with Crippen LogP contribution in [0, 0.1) is 11.3 Å². The van der Waals surface area contributed by atoms with Crippen LogP contribution in [0.3, 0.4) is 0 Å². The second-order valence-corrected chi connectivity index (χ2v) is 6.61. The average Bonchev–Trinajstić information content (AvgIpc) is 2.29. The molecule has 1 aliphatic rings. The Balaban J connectivity index is 2.16. The number of nitrogens with two attached hydrogens (primary N) is 1. The summed E-state index contributed by atoms with van der Waals surface area (Å²) in [5.74, 6) is 0.812. The molecule has 0 aromatic heterocycles. The molecule has 0 unspecified atom stereocenters. The lowest BCUT2D eigenvalue weighted by molar-refractivity contribution is 0.0554. The monoisotopic (exact) mass is 272 g/mol. The van der Waals surface area contributed by atoms with Gasteiger partial charge in [-0.15, -0.1) is 0 Å². The lowest BCUT2D eigenvalue weighted by Gasteiger charge is -2.28. The third-order valence-electron chi connectivity index (χ3n) is 3.92. The van der Waals surface area contributed by atoms with Crippen LogP contribution in [0.2, 0.25) is 0 Å². The zero-order valence-electron chi connectivity index (χ0n) is 12.1. The van der Waals surface area contributed by atoms with Crippen molar-refractivity contribution in [3.63, 3.8) is 0 Å². The van der Waals surface area contributed by atoms with Crippen LogP contribution >= 0.6 is 12.2 Å². The maximum Gasteiger partial charge on any atom is 0.0784 e. The van der Waals surface area contributed by atoms with E-state index in [1.807, 2.05) is 0 Å². The number of ether oxygens (including phenoxy) is 1.